The van der Waals surface area contributed by atoms with Crippen molar-refractivity contribution in [1.29, 1.82) is 0 Å². The van der Waals surface area contributed by atoms with E-state index in [2.05, 4.69) is 0 Å². The zero-order chi connectivity index (χ0) is 28.3. The van der Waals surface area contributed by atoms with E-state index in [9.17, 15) is 9.59 Å². The van der Waals surface area contributed by atoms with Crippen molar-refractivity contribution in [3.8, 4) is 0 Å². The predicted molar refractivity (Wildman–Crippen MR) is 151 cm³/mol. The van der Waals surface area contributed by atoms with Gasteiger partial charge in [0.05, 0.1) is 0 Å². The molecule has 0 saturated heterocycles. The van der Waals surface area contributed by atoms with Gasteiger partial charge in [-0.3, -0.25) is 9.59 Å². The third-order valence-corrected chi connectivity index (χ3v) is 5.19. The molecule has 6 nitrogen and oxygen atoms in total. The van der Waals surface area contributed by atoms with Crippen molar-refractivity contribution in [3.05, 3.63) is 155 Å². The number of carbonyl (C=O) groups excluding carboxylic acids is 2. The smallest absolute Gasteiger partial charge is 0.292 e. The third-order valence-electron chi connectivity index (χ3n) is 5.19. The summed E-state index contributed by atoms with van der Waals surface area (Å²) in [6.45, 7) is 0.420. The Balaban J connectivity index is 0.000000249. The molecule has 2 N–H and O–H groups in total. The predicted octanol–water partition coefficient (Wildman–Crippen LogP) is 8.42. The van der Waals surface area contributed by atoms with Crippen LogP contribution in [0.25, 0.3) is 11.5 Å². The largest absolute Gasteiger partial charge is 0.661 e. The molecule has 0 radical (unpaired) electrons. The maximum absolute atomic E-state index is 11.7. The second-order valence-corrected chi connectivity index (χ2v) is 10.3. The zero-order valence-electron chi connectivity index (χ0n) is 20.8. The van der Waals surface area contributed by atoms with Gasteiger partial charge in [0, 0.05) is 0 Å². The van der Waals surface area contributed by atoms with E-state index in [1.807, 2.05) is 72.8 Å². The number of hydrogen-bond donors (Lipinski definition) is 0. The minimum Gasteiger partial charge on any atom is -0.661 e. The first-order valence-corrected chi connectivity index (χ1v) is 15.7. The number of carbonyl (C=O) groups is 2. The molecule has 0 heterocycles. The molecule has 0 spiro atoms. The van der Waals surface area contributed by atoms with Crippen LogP contribution in [-0.2, 0) is 48.2 Å². The standard InChI is InChI=1S/2C15H14NO2.2ClH.Pd/c2*16-14(13-9-5-2-6-10-13)15(17)18-11-12-7-3-1-4-8-12;;;/h2*1-10,14,16H,11H2;2*1H;/q2*-1;;;+2/p-2. The molecule has 4 aromatic rings. The van der Waals surface area contributed by atoms with E-state index in [0.717, 1.165) is 11.1 Å². The van der Waals surface area contributed by atoms with Crippen LogP contribution in [0.15, 0.2) is 121 Å². The number of esters is 2. The van der Waals surface area contributed by atoms with Crippen LogP contribution in [-0.4, -0.2) is 11.9 Å². The summed E-state index contributed by atoms with van der Waals surface area (Å²) in [4.78, 5) is 23.4. The molecule has 0 amide bonds. The zero-order valence-corrected chi connectivity index (χ0v) is 23.9. The first kappa shape index (κ1) is 32.2. The monoisotopic (exact) mass is 656 g/mol. The molecule has 0 bridgehead atoms. The Labute approximate surface area is 245 Å². The molecular formula is C30H28Cl2N2O4Pd-2. The van der Waals surface area contributed by atoms with Crippen LogP contribution < -0.4 is 0 Å². The first-order valence-electron chi connectivity index (χ1n) is 11.7. The molecule has 0 aliphatic carbocycles. The second-order valence-electron chi connectivity index (χ2n) is 7.92. The van der Waals surface area contributed by atoms with Crippen molar-refractivity contribution in [2.75, 3.05) is 0 Å². The summed E-state index contributed by atoms with van der Waals surface area (Å²) < 4.78 is 10.2. The molecule has 9 heteroatoms. The van der Waals surface area contributed by atoms with Crippen LogP contribution in [0.2, 0.25) is 0 Å². The van der Waals surface area contributed by atoms with E-state index in [1.165, 1.54) is 0 Å². The second kappa shape index (κ2) is 19.1. The molecule has 208 valence electrons. The average Bonchev–Trinajstić information content (AvgIpc) is 3.00. The molecule has 2 atom stereocenters. The fraction of sp³-hybridized carbons (Fsp3) is 0.133. The van der Waals surface area contributed by atoms with E-state index < -0.39 is 24.0 Å². The van der Waals surface area contributed by atoms with Crippen LogP contribution in [0, 0.1) is 0 Å². The van der Waals surface area contributed by atoms with Crippen molar-refractivity contribution < 1.29 is 35.0 Å². The average molecular weight is 658 g/mol. The van der Waals surface area contributed by atoms with Crippen LogP contribution in [0.1, 0.15) is 34.3 Å². The van der Waals surface area contributed by atoms with Gasteiger partial charge in [0.15, 0.2) is 0 Å². The maximum atomic E-state index is 11.7. The van der Waals surface area contributed by atoms with Gasteiger partial charge in [0.2, 0.25) is 0 Å². The van der Waals surface area contributed by atoms with E-state index in [0.29, 0.717) is 11.1 Å². The van der Waals surface area contributed by atoms with E-state index >= 15 is 0 Å². The van der Waals surface area contributed by atoms with Gasteiger partial charge in [0.1, 0.15) is 13.2 Å². The van der Waals surface area contributed by atoms with Crippen molar-refractivity contribution in [2.24, 2.45) is 0 Å². The van der Waals surface area contributed by atoms with Gasteiger partial charge in [0.25, 0.3) is 11.9 Å². The summed E-state index contributed by atoms with van der Waals surface area (Å²) >= 11 is -0.106. The normalized spacial score (nSPS) is 11.5. The number of hydrogen-bond acceptors (Lipinski definition) is 4. The van der Waals surface area contributed by atoms with Gasteiger partial charge in [-0.05, 0) is 23.2 Å². The Morgan fingerprint density at radius 1 is 0.564 bits per heavy atom. The Morgan fingerprint density at radius 2 is 0.821 bits per heavy atom. The van der Waals surface area contributed by atoms with E-state index in [4.69, 9.17) is 40.0 Å². The fourth-order valence-corrected chi connectivity index (χ4v) is 3.19. The summed E-state index contributed by atoms with van der Waals surface area (Å²) in [5, 5.41) is 0. The number of benzene rings is 4. The van der Waals surface area contributed by atoms with Gasteiger partial charge < -0.3 is 20.9 Å². The quantitative estimate of drug-likeness (QED) is 0.140. The van der Waals surface area contributed by atoms with Gasteiger partial charge in [-0.15, -0.1) is 0 Å². The molecule has 0 aliphatic rings. The van der Waals surface area contributed by atoms with Crippen LogP contribution in [0.5, 0.6) is 0 Å². The van der Waals surface area contributed by atoms with Crippen molar-refractivity contribution in [1.82, 2.24) is 0 Å². The molecule has 4 rings (SSSR count). The number of rotatable bonds is 8. The van der Waals surface area contributed by atoms with E-state index in [1.54, 1.807) is 48.5 Å². The molecule has 2 unspecified atom stereocenters. The Kier molecular flexibility index (Phi) is 15.8. The molecule has 0 aliphatic heterocycles. The Morgan fingerprint density at radius 3 is 1.10 bits per heavy atom. The molecule has 39 heavy (non-hydrogen) atoms. The third kappa shape index (κ3) is 12.6. The number of halogens is 2. The number of nitrogens with one attached hydrogen (secondary N) is 2. The van der Waals surface area contributed by atoms with Gasteiger partial charge in [-0.2, -0.15) is 0 Å². The first-order chi connectivity index (χ1) is 19.0. The van der Waals surface area contributed by atoms with Crippen molar-refractivity contribution >= 4 is 31.0 Å². The topological polar surface area (TPSA) is 100 Å². The summed E-state index contributed by atoms with van der Waals surface area (Å²) in [5.74, 6) is -1.05. The summed E-state index contributed by atoms with van der Waals surface area (Å²) in [7, 11) is 9.63. The molecule has 0 aromatic heterocycles. The summed E-state index contributed by atoms with van der Waals surface area (Å²) in [6, 6.07) is 34.9. The minimum atomic E-state index is -0.977. The SMILES string of the molecule is [Cl][Pd][Cl].[NH-]C(C(=O)OCc1ccccc1)c1ccccc1.[NH-]C(C(=O)OCc1ccccc1)c1ccccc1. The van der Waals surface area contributed by atoms with Gasteiger partial charge >= 0.3 is 35.0 Å². The van der Waals surface area contributed by atoms with Crippen LogP contribution in [0.4, 0.5) is 0 Å². The van der Waals surface area contributed by atoms with Crippen LogP contribution in [0.3, 0.4) is 0 Å². The molecule has 0 saturated carbocycles. The Bertz CT molecular complexity index is 1120. The van der Waals surface area contributed by atoms with Crippen molar-refractivity contribution in [2.45, 2.75) is 25.3 Å². The van der Waals surface area contributed by atoms with Gasteiger partial charge in [-0.25, -0.2) is 0 Å². The summed E-state index contributed by atoms with van der Waals surface area (Å²) in [6.07, 6.45) is 0. The van der Waals surface area contributed by atoms with Crippen LogP contribution >= 0.6 is 19.1 Å². The van der Waals surface area contributed by atoms with Gasteiger partial charge in [-0.1, -0.05) is 132 Å². The summed E-state index contributed by atoms with van der Waals surface area (Å²) in [5.41, 5.74) is 18.8. The number of ether oxygens (including phenoxy) is 2. The molecule has 4 aromatic carbocycles. The molecular weight excluding hydrogens is 630 g/mol. The Hall–Kier alpha value is -3.02. The molecule has 0 fully saturated rings. The van der Waals surface area contributed by atoms with E-state index in [-0.39, 0.29) is 29.2 Å². The fourth-order valence-electron chi connectivity index (χ4n) is 3.19. The maximum Gasteiger partial charge on any atom is 0.292 e. The minimum absolute atomic E-state index is 0.106. The van der Waals surface area contributed by atoms with Crippen molar-refractivity contribution in [3.63, 3.8) is 0 Å².